The van der Waals surface area contributed by atoms with Crippen LogP contribution in [0.25, 0.3) is 0 Å². The topological polar surface area (TPSA) is 38.5 Å². The zero-order chi connectivity index (χ0) is 15.2. The first-order valence-corrected chi connectivity index (χ1v) is 8.32. The van der Waals surface area contributed by atoms with Crippen molar-refractivity contribution in [3.63, 3.8) is 0 Å². The van der Waals surface area contributed by atoms with E-state index >= 15 is 0 Å². The van der Waals surface area contributed by atoms with Gasteiger partial charge in [-0.05, 0) is 48.8 Å². The van der Waals surface area contributed by atoms with Crippen molar-refractivity contribution in [2.45, 2.75) is 40.0 Å². The Morgan fingerprint density at radius 1 is 1.24 bits per heavy atom. The molecular weight excluding hydrogens is 260 g/mol. The number of nitrogens with two attached hydrogens (primary N) is 1. The van der Waals surface area contributed by atoms with Crippen LogP contribution in [0.15, 0.2) is 18.2 Å². The van der Waals surface area contributed by atoms with E-state index in [0.29, 0.717) is 0 Å². The van der Waals surface area contributed by atoms with E-state index in [1.165, 1.54) is 25.1 Å². The highest BCUT2D eigenvalue weighted by molar-refractivity contribution is 5.54. The van der Waals surface area contributed by atoms with Gasteiger partial charge in [0.15, 0.2) is 0 Å². The summed E-state index contributed by atoms with van der Waals surface area (Å²) in [6.07, 6.45) is 3.44. The molecule has 1 aliphatic rings. The highest BCUT2D eigenvalue weighted by Crippen LogP contribution is 2.24. The van der Waals surface area contributed by atoms with Gasteiger partial charge in [0.1, 0.15) is 5.75 Å². The van der Waals surface area contributed by atoms with Gasteiger partial charge >= 0.3 is 0 Å². The number of piperidine rings is 1. The molecule has 1 aromatic carbocycles. The first-order chi connectivity index (χ1) is 10.1. The van der Waals surface area contributed by atoms with E-state index in [1.54, 1.807) is 0 Å². The molecule has 1 fully saturated rings. The van der Waals surface area contributed by atoms with E-state index in [4.69, 9.17) is 10.5 Å². The monoisotopic (exact) mass is 290 g/mol. The molecule has 2 atom stereocenters. The molecule has 118 valence electrons. The lowest BCUT2D eigenvalue weighted by Gasteiger charge is -2.35. The summed E-state index contributed by atoms with van der Waals surface area (Å²) >= 11 is 0. The summed E-state index contributed by atoms with van der Waals surface area (Å²) in [7, 11) is 0. The van der Waals surface area contributed by atoms with Gasteiger partial charge < -0.3 is 15.4 Å². The third kappa shape index (κ3) is 4.92. The summed E-state index contributed by atoms with van der Waals surface area (Å²) in [5, 5.41) is 0. The largest absolute Gasteiger partial charge is 0.491 e. The number of benzene rings is 1. The first kappa shape index (κ1) is 16.2. The molecule has 1 heterocycles. The smallest absolute Gasteiger partial charge is 0.142 e. The van der Waals surface area contributed by atoms with Crippen molar-refractivity contribution < 1.29 is 4.74 Å². The lowest BCUT2D eigenvalue weighted by molar-refractivity contribution is 0.142. The highest BCUT2D eigenvalue weighted by Gasteiger charge is 2.21. The molecule has 21 heavy (non-hydrogen) atoms. The second kappa shape index (κ2) is 7.69. The van der Waals surface area contributed by atoms with Crippen molar-refractivity contribution in [3.8, 4) is 5.75 Å². The van der Waals surface area contributed by atoms with Crippen LogP contribution < -0.4 is 10.5 Å². The van der Waals surface area contributed by atoms with Crippen molar-refractivity contribution in [2.75, 3.05) is 32.0 Å². The third-order valence-corrected chi connectivity index (χ3v) is 4.20. The highest BCUT2D eigenvalue weighted by atomic mass is 16.5. The summed E-state index contributed by atoms with van der Waals surface area (Å²) in [5.41, 5.74) is 8.15. The molecule has 2 unspecified atom stereocenters. The Morgan fingerprint density at radius 2 is 1.95 bits per heavy atom. The minimum Gasteiger partial charge on any atom is -0.491 e. The molecule has 1 saturated heterocycles. The van der Waals surface area contributed by atoms with Crippen LogP contribution >= 0.6 is 0 Å². The zero-order valence-corrected chi connectivity index (χ0v) is 13.8. The number of hydrogen-bond acceptors (Lipinski definition) is 3. The van der Waals surface area contributed by atoms with Crippen LogP contribution in [0.4, 0.5) is 5.69 Å². The van der Waals surface area contributed by atoms with E-state index < -0.39 is 0 Å². The number of nitrogens with zero attached hydrogens (tertiary/aromatic N) is 1. The molecular formula is C18H30N2O. The standard InChI is InChI=1S/C18H30N2O/c1-4-9-21-18-6-5-16(11-17(18)19)7-8-20-12-14(2)10-15(3)13-20/h5-6,11,14-15H,4,7-10,12-13,19H2,1-3H3. The number of ether oxygens (including phenoxy) is 1. The SMILES string of the molecule is CCCOc1ccc(CCN2CC(C)CC(C)C2)cc1N. The van der Waals surface area contributed by atoms with E-state index in [0.717, 1.165) is 49.3 Å². The second-order valence-corrected chi connectivity index (χ2v) is 6.68. The molecule has 0 spiro atoms. The van der Waals surface area contributed by atoms with Crippen LogP contribution in [-0.4, -0.2) is 31.1 Å². The molecule has 1 aromatic rings. The minimum absolute atomic E-state index is 0.729. The van der Waals surface area contributed by atoms with Crippen LogP contribution in [-0.2, 0) is 6.42 Å². The van der Waals surface area contributed by atoms with Gasteiger partial charge in [-0.2, -0.15) is 0 Å². The maximum absolute atomic E-state index is 6.08. The van der Waals surface area contributed by atoms with E-state index in [9.17, 15) is 0 Å². The Balaban J connectivity index is 1.87. The van der Waals surface area contributed by atoms with Crippen LogP contribution in [0.1, 0.15) is 39.2 Å². The van der Waals surface area contributed by atoms with Crippen molar-refractivity contribution in [3.05, 3.63) is 23.8 Å². The van der Waals surface area contributed by atoms with Crippen molar-refractivity contribution >= 4 is 5.69 Å². The fourth-order valence-electron chi connectivity index (χ4n) is 3.36. The minimum atomic E-state index is 0.729. The van der Waals surface area contributed by atoms with Crippen molar-refractivity contribution in [1.82, 2.24) is 4.90 Å². The maximum atomic E-state index is 6.08. The summed E-state index contributed by atoms with van der Waals surface area (Å²) in [6, 6.07) is 6.24. The molecule has 0 aliphatic carbocycles. The van der Waals surface area contributed by atoms with Crippen LogP contribution in [0.5, 0.6) is 5.75 Å². The molecule has 0 aromatic heterocycles. The number of anilines is 1. The fraction of sp³-hybridized carbons (Fsp3) is 0.667. The van der Waals surface area contributed by atoms with Gasteiger partial charge in [0, 0.05) is 19.6 Å². The maximum Gasteiger partial charge on any atom is 0.142 e. The Bertz CT molecular complexity index is 437. The molecule has 0 saturated carbocycles. The van der Waals surface area contributed by atoms with Gasteiger partial charge in [0.25, 0.3) is 0 Å². The predicted octanol–water partition coefficient (Wildman–Crippen LogP) is 3.58. The summed E-state index contributed by atoms with van der Waals surface area (Å²) < 4.78 is 5.63. The normalized spacial score (nSPS) is 23.2. The average Bonchev–Trinajstić information content (AvgIpc) is 2.43. The molecule has 0 amide bonds. The lowest BCUT2D eigenvalue weighted by atomic mass is 9.91. The molecule has 1 aliphatic heterocycles. The predicted molar refractivity (Wildman–Crippen MR) is 89.7 cm³/mol. The van der Waals surface area contributed by atoms with Gasteiger partial charge in [-0.3, -0.25) is 0 Å². The molecule has 0 radical (unpaired) electrons. The second-order valence-electron chi connectivity index (χ2n) is 6.68. The molecule has 0 bridgehead atoms. The Hall–Kier alpha value is -1.22. The lowest BCUT2D eigenvalue weighted by Crippen LogP contribution is -2.39. The first-order valence-electron chi connectivity index (χ1n) is 8.32. The summed E-state index contributed by atoms with van der Waals surface area (Å²) in [4.78, 5) is 2.59. The van der Waals surface area contributed by atoms with Gasteiger partial charge in [-0.1, -0.05) is 26.8 Å². The van der Waals surface area contributed by atoms with Gasteiger partial charge in [0.2, 0.25) is 0 Å². The Morgan fingerprint density at radius 3 is 2.57 bits per heavy atom. The van der Waals surface area contributed by atoms with Crippen LogP contribution in [0.2, 0.25) is 0 Å². The van der Waals surface area contributed by atoms with Gasteiger partial charge in [-0.25, -0.2) is 0 Å². The zero-order valence-electron chi connectivity index (χ0n) is 13.8. The van der Waals surface area contributed by atoms with Gasteiger partial charge in [-0.15, -0.1) is 0 Å². The Kier molecular flexibility index (Phi) is 5.92. The fourth-order valence-corrected chi connectivity index (χ4v) is 3.36. The van der Waals surface area contributed by atoms with Crippen molar-refractivity contribution in [1.29, 1.82) is 0 Å². The van der Waals surface area contributed by atoms with Gasteiger partial charge in [0.05, 0.1) is 12.3 Å². The quantitative estimate of drug-likeness (QED) is 0.814. The average molecular weight is 290 g/mol. The number of nitrogen functional groups attached to an aromatic ring is 1. The number of rotatable bonds is 6. The molecule has 2 N–H and O–H groups in total. The Labute approximate surface area is 129 Å². The van der Waals surface area contributed by atoms with E-state index in [-0.39, 0.29) is 0 Å². The van der Waals surface area contributed by atoms with Crippen LogP contribution in [0, 0.1) is 11.8 Å². The third-order valence-electron chi connectivity index (χ3n) is 4.20. The molecule has 2 rings (SSSR count). The van der Waals surface area contributed by atoms with E-state index in [1.807, 2.05) is 6.07 Å². The molecule has 3 heteroatoms. The number of likely N-dealkylation sites (tertiary alicyclic amines) is 1. The summed E-state index contributed by atoms with van der Waals surface area (Å²) in [5.74, 6) is 2.47. The van der Waals surface area contributed by atoms with Crippen molar-refractivity contribution in [2.24, 2.45) is 11.8 Å². The van der Waals surface area contributed by atoms with Crippen LogP contribution in [0.3, 0.4) is 0 Å². The number of hydrogen-bond donors (Lipinski definition) is 1. The summed E-state index contributed by atoms with van der Waals surface area (Å²) in [6.45, 7) is 11.2. The molecule has 3 nitrogen and oxygen atoms in total. The van der Waals surface area contributed by atoms with E-state index in [2.05, 4.69) is 37.8 Å².